The molecule has 2 nitrogen and oxygen atoms in total. The third-order valence-corrected chi connectivity index (χ3v) is 4.28. The molecule has 1 heterocycles. The van der Waals surface area contributed by atoms with E-state index in [1.807, 2.05) is 12.1 Å². The number of hydrogen-bond donors (Lipinski definition) is 1. The quantitative estimate of drug-likeness (QED) is 0.901. The predicted molar refractivity (Wildman–Crippen MR) is 78.1 cm³/mol. The Morgan fingerprint density at radius 3 is 2.89 bits per heavy atom. The molecule has 0 aliphatic carbocycles. The van der Waals surface area contributed by atoms with E-state index in [1.54, 1.807) is 0 Å². The molecule has 0 aromatic heterocycles. The number of rotatable bonds is 3. The molecule has 100 valence electrons. The maximum Gasteiger partial charge on any atom is 0.0409 e. The molecule has 1 aliphatic heterocycles. The maximum absolute atomic E-state index is 6.04. The van der Waals surface area contributed by atoms with E-state index >= 15 is 0 Å². The predicted octanol–water partition coefficient (Wildman–Crippen LogP) is 3.47. The Balaban J connectivity index is 1.93. The molecule has 1 aromatic rings. The fourth-order valence-electron chi connectivity index (χ4n) is 2.67. The van der Waals surface area contributed by atoms with Crippen LogP contribution in [-0.4, -0.2) is 30.6 Å². The van der Waals surface area contributed by atoms with Crippen molar-refractivity contribution in [3.05, 3.63) is 34.9 Å². The van der Waals surface area contributed by atoms with Gasteiger partial charge < -0.3 is 10.2 Å². The van der Waals surface area contributed by atoms with Gasteiger partial charge in [-0.2, -0.15) is 0 Å². The van der Waals surface area contributed by atoms with Gasteiger partial charge in [0.15, 0.2) is 0 Å². The lowest BCUT2D eigenvalue weighted by molar-refractivity contribution is 0.163. The molecule has 0 spiro atoms. The second-order valence-electron chi connectivity index (χ2n) is 5.49. The van der Waals surface area contributed by atoms with Gasteiger partial charge in [0.1, 0.15) is 0 Å². The minimum Gasteiger partial charge on any atom is -0.307 e. The minimum atomic E-state index is 0.365. The summed E-state index contributed by atoms with van der Waals surface area (Å²) in [5.41, 5.74) is 1.27. The van der Waals surface area contributed by atoms with Gasteiger partial charge in [-0.15, -0.1) is 0 Å². The number of likely N-dealkylation sites (tertiary alicyclic amines) is 1. The Kier molecular flexibility index (Phi) is 4.66. The van der Waals surface area contributed by atoms with Crippen molar-refractivity contribution >= 4 is 11.6 Å². The van der Waals surface area contributed by atoms with Gasteiger partial charge in [-0.3, -0.25) is 0 Å². The van der Waals surface area contributed by atoms with E-state index in [9.17, 15) is 0 Å². The molecule has 1 saturated heterocycles. The third-order valence-electron chi connectivity index (χ3n) is 4.04. The van der Waals surface area contributed by atoms with Crippen LogP contribution >= 0.6 is 11.6 Å². The summed E-state index contributed by atoms with van der Waals surface area (Å²) in [5.74, 6) is 0. The average Bonchev–Trinajstić information content (AvgIpc) is 2.34. The summed E-state index contributed by atoms with van der Waals surface area (Å²) in [6, 6.07) is 9.79. The van der Waals surface area contributed by atoms with Gasteiger partial charge in [0.05, 0.1) is 0 Å². The van der Waals surface area contributed by atoms with Gasteiger partial charge in [-0.25, -0.2) is 0 Å². The molecule has 1 fully saturated rings. The zero-order valence-corrected chi connectivity index (χ0v) is 12.2. The molecule has 18 heavy (non-hydrogen) atoms. The molecule has 3 heteroatoms. The summed E-state index contributed by atoms with van der Waals surface area (Å²) < 4.78 is 0. The number of nitrogens with one attached hydrogen (secondary N) is 1. The summed E-state index contributed by atoms with van der Waals surface area (Å²) >= 11 is 6.04. The molecule has 2 rings (SSSR count). The van der Waals surface area contributed by atoms with Crippen LogP contribution in [0.3, 0.4) is 0 Å². The highest BCUT2D eigenvalue weighted by atomic mass is 35.5. The Labute approximate surface area is 115 Å². The summed E-state index contributed by atoms with van der Waals surface area (Å²) in [4.78, 5) is 2.43. The van der Waals surface area contributed by atoms with Crippen molar-refractivity contribution in [2.75, 3.05) is 13.6 Å². The van der Waals surface area contributed by atoms with Crippen LogP contribution in [0.1, 0.15) is 38.3 Å². The fraction of sp³-hybridized carbons (Fsp3) is 0.600. The number of halogens is 1. The van der Waals surface area contributed by atoms with Gasteiger partial charge in [-0.1, -0.05) is 23.7 Å². The molecular weight excluding hydrogens is 244 g/mol. The van der Waals surface area contributed by atoms with Gasteiger partial charge in [0.2, 0.25) is 0 Å². The lowest BCUT2D eigenvalue weighted by Crippen LogP contribution is -2.46. The van der Waals surface area contributed by atoms with Crippen LogP contribution in [0.15, 0.2) is 24.3 Å². The highest BCUT2D eigenvalue weighted by molar-refractivity contribution is 6.30. The molecular formula is C15H23ClN2. The topological polar surface area (TPSA) is 15.3 Å². The first-order valence-corrected chi connectivity index (χ1v) is 7.16. The number of nitrogens with zero attached hydrogens (tertiary/aromatic N) is 1. The van der Waals surface area contributed by atoms with Crippen LogP contribution in [0.4, 0.5) is 0 Å². The number of hydrogen-bond acceptors (Lipinski definition) is 2. The molecule has 0 bridgehead atoms. The molecule has 1 aromatic carbocycles. The summed E-state index contributed by atoms with van der Waals surface area (Å²) in [6.45, 7) is 5.70. The molecule has 3 atom stereocenters. The van der Waals surface area contributed by atoms with Gasteiger partial charge in [0, 0.05) is 23.1 Å². The normalized spacial score (nSPS) is 27.1. The second kappa shape index (κ2) is 6.05. The van der Waals surface area contributed by atoms with Crippen LogP contribution in [0.25, 0.3) is 0 Å². The highest BCUT2D eigenvalue weighted by Crippen LogP contribution is 2.21. The first-order chi connectivity index (χ1) is 8.56. The van der Waals surface area contributed by atoms with Crippen molar-refractivity contribution in [1.29, 1.82) is 0 Å². The van der Waals surface area contributed by atoms with E-state index in [-0.39, 0.29) is 0 Å². The summed E-state index contributed by atoms with van der Waals surface area (Å²) in [6.07, 6.45) is 2.45. The average molecular weight is 267 g/mol. The van der Waals surface area contributed by atoms with Crippen molar-refractivity contribution in [3.63, 3.8) is 0 Å². The monoisotopic (exact) mass is 266 g/mol. The lowest BCUT2D eigenvalue weighted by Gasteiger charge is -2.36. The summed E-state index contributed by atoms with van der Waals surface area (Å²) in [7, 11) is 2.21. The van der Waals surface area contributed by atoms with Gasteiger partial charge in [0.25, 0.3) is 0 Å². The molecule has 0 amide bonds. The van der Waals surface area contributed by atoms with E-state index in [0.717, 1.165) is 5.02 Å². The SMILES string of the molecule is CC(NC1CCN(C)C(C)C1)c1cccc(Cl)c1. The number of benzene rings is 1. The number of piperidine rings is 1. The van der Waals surface area contributed by atoms with Crippen molar-refractivity contribution in [1.82, 2.24) is 10.2 Å². The van der Waals surface area contributed by atoms with Gasteiger partial charge in [-0.05, 0) is 58.0 Å². The highest BCUT2D eigenvalue weighted by Gasteiger charge is 2.23. The lowest BCUT2D eigenvalue weighted by atomic mass is 9.97. The zero-order valence-electron chi connectivity index (χ0n) is 11.5. The second-order valence-corrected chi connectivity index (χ2v) is 5.93. The standard InChI is InChI=1S/C15H23ClN2/c1-11-9-15(7-8-18(11)3)17-12(2)13-5-4-6-14(16)10-13/h4-6,10-12,15,17H,7-9H2,1-3H3. The van der Waals surface area contributed by atoms with Crippen LogP contribution in [0.2, 0.25) is 5.02 Å². The molecule has 1 N–H and O–H groups in total. The van der Waals surface area contributed by atoms with E-state index in [4.69, 9.17) is 11.6 Å². The Bertz CT molecular complexity index is 394. The summed E-state index contributed by atoms with van der Waals surface area (Å²) in [5, 5.41) is 4.55. The van der Waals surface area contributed by atoms with Crippen molar-refractivity contribution < 1.29 is 0 Å². The third kappa shape index (κ3) is 3.47. The first-order valence-electron chi connectivity index (χ1n) is 6.78. The minimum absolute atomic E-state index is 0.365. The molecule has 0 saturated carbocycles. The molecule has 0 radical (unpaired) electrons. The van der Waals surface area contributed by atoms with E-state index in [2.05, 4.69) is 43.2 Å². The van der Waals surface area contributed by atoms with Crippen molar-refractivity contribution in [2.45, 2.75) is 44.8 Å². The smallest absolute Gasteiger partial charge is 0.0409 e. The van der Waals surface area contributed by atoms with Crippen molar-refractivity contribution in [3.8, 4) is 0 Å². The van der Waals surface area contributed by atoms with Crippen LogP contribution in [0, 0.1) is 0 Å². The zero-order chi connectivity index (χ0) is 13.1. The van der Waals surface area contributed by atoms with Crippen LogP contribution in [0.5, 0.6) is 0 Å². The Morgan fingerprint density at radius 1 is 1.44 bits per heavy atom. The van der Waals surface area contributed by atoms with E-state index in [0.29, 0.717) is 18.1 Å². The fourth-order valence-corrected chi connectivity index (χ4v) is 2.87. The maximum atomic E-state index is 6.04. The van der Waals surface area contributed by atoms with Crippen LogP contribution < -0.4 is 5.32 Å². The Morgan fingerprint density at radius 2 is 2.22 bits per heavy atom. The first kappa shape index (κ1) is 13.9. The van der Waals surface area contributed by atoms with E-state index in [1.165, 1.54) is 24.9 Å². The van der Waals surface area contributed by atoms with Crippen LogP contribution in [-0.2, 0) is 0 Å². The van der Waals surface area contributed by atoms with E-state index < -0.39 is 0 Å². The van der Waals surface area contributed by atoms with Crippen molar-refractivity contribution in [2.24, 2.45) is 0 Å². The van der Waals surface area contributed by atoms with Gasteiger partial charge >= 0.3 is 0 Å². The molecule has 1 aliphatic rings. The molecule has 3 unspecified atom stereocenters. The Hall–Kier alpha value is -0.570. The largest absolute Gasteiger partial charge is 0.307 e.